The Hall–Kier alpha value is -3.46. The second-order valence-corrected chi connectivity index (χ2v) is 8.14. The number of hydrogen-bond acceptors (Lipinski definition) is 8. The number of rotatable bonds is 9. The molecule has 166 valence electrons. The second kappa shape index (κ2) is 9.35. The zero-order chi connectivity index (χ0) is 21.8. The molecule has 0 saturated heterocycles. The summed E-state index contributed by atoms with van der Waals surface area (Å²) in [5, 5.41) is 6.75. The summed E-state index contributed by atoms with van der Waals surface area (Å²) in [5.41, 5.74) is 10.2. The molecule has 4 heterocycles. The predicted molar refractivity (Wildman–Crippen MR) is 124 cm³/mol. The number of imidazole rings is 1. The monoisotopic (exact) mass is 432 g/mol. The average molecular weight is 433 g/mol. The van der Waals surface area contributed by atoms with Crippen molar-refractivity contribution in [1.82, 2.24) is 24.5 Å². The van der Waals surface area contributed by atoms with Crippen LogP contribution in [-0.4, -0.2) is 37.6 Å². The lowest BCUT2D eigenvalue weighted by Crippen LogP contribution is -2.13. The van der Waals surface area contributed by atoms with Crippen LogP contribution in [0.4, 0.5) is 11.8 Å². The topological polar surface area (TPSA) is 120 Å². The standard InChI is InChI=1S/C23H28N8O/c24-9-3-10-25-23-29-21(20-22(30-23)31(15-28-20)18-4-1-2-5-18)27-13-16-6-7-19(26-12-16)17-8-11-32-14-17/h6-8,11-12,14-15,18H,1-5,9-10,13,24H2,(H2,25,27,29,30). The largest absolute Gasteiger partial charge is 0.472 e. The fraction of sp³-hybridized carbons (Fsp3) is 0.391. The fourth-order valence-electron chi connectivity index (χ4n) is 4.17. The van der Waals surface area contributed by atoms with Crippen molar-refractivity contribution in [2.45, 2.75) is 44.7 Å². The number of aromatic nitrogens is 5. The molecule has 0 bridgehead atoms. The molecule has 9 heteroatoms. The molecule has 0 atom stereocenters. The van der Waals surface area contributed by atoms with E-state index < -0.39 is 0 Å². The molecule has 1 fully saturated rings. The summed E-state index contributed by atoms with van der Waals surface area (Å²) in [6.07, 6.45) is 12.8. The summed E-state index contributed by atoms with van der Waals surface area (Å²) in [5.74, 6) is 1.32. The molecule has 4 aromatic heterocycles. The molecular weight excluding hydrogens is 404 g/mol. The van der Waals surface area contributed by atoms with Gasteiger partial charge in [0.15, 0.2) is 17.0 Å². The van der Waals surface area contributed by atoms with E-state index in [0.717, 1.165) is 46.8 Å². The van der Waals surface area contributed by atoms with Crippen molar-refractivity contribution in [2.75, 3.05) is 23.7 Å². The van der Waals surface area contributed by atoms with Crippen LogP contribution < -0.4 is 16.4 Å². The van der Waals surface area contributed by atoms with Crippen LogP contribution in [0.2, 0.25) is 0 Å². The van der Waals surface area contributed by atoms with Gasteiger partial charge in [0.25, 0.3) is 0 Å². The maximum atomic E-state index is 5.64. The highest BCUT2D eigenvalue weighted by molar-refractivity contribution is 5.84. The van der Waals surface area contributed by atoms with Crippen LogP contribution in [0.15, 0.2) is 47.7 Å². The molecule has 4 N–H and O–H groups in total. The Bertz CT molecular complexity index is 1150. The van der Waals surface area contributed by atoms with Crippen molar-refractivity contribution in [1.29, 1.82) is 0 Å². The van der Waals surface area contributed by atoms with Crippen molar-refractivity contribution < 1.29 is 4.42 Å². The van der Waals surface area contributed by atoms with Crippen molar-refractivity contribution in [3.63, 3.8) is 0 Å². The number of furan rings is 1. The number of anilines is 2. The van der Waals surface area contributed by atoms with Crippen LogP contribution >= 0.6 is 0 Å². The molecule has 0 radical (unpaired) electrons. The molecule has 1 aliphatic rings. The van der Waals surface area contributed by atoms with E-state index in [1.54, 1.807) is 12.5 Å². The smallest absolute Gasteiger partial charge is 0.226 e. The normalized spacial score (nSPS) is 14.3. The van der Waals surface area contributed by atoms with E-state index in [9.17, 15) is 0 Å². The van der Waals surface area contributed by atoms with Crippen LogP contribution in [-0.2, 0) is 6.54 Å². The lowest BCUT2D eigenvalue weighted by Gasteiger charge is -2.14. The van der Waals surface area contributed by atoms with Crippen molar-refractivity contribution in [3.8, 4) is 11.3 Å². The van der Waals surface area contributed by atoms with Gasteiger partial charge in [0, 0.05) is 30.9 Å². The minimum atomic E-state index is 0.458. The molecule has 0 amide bonds. The summed E-state index contributed by atoms with van der Waals surface area (Å²) >= 11 is 0. The van der Waals surface area contributed by atoms with Crippen molar-refractivity contribution in [2.24, 2.45) is 5.73 Å². The zero-order valence-electron chi connectivity index (χ0n) is 18.0. The van der Waals surface area contributed by atoms with Crippen molar-refractivity contribution in [3.05, 3.63) is 48.8 Å². The quantitative estimate of drug-likeness (QED) is 0.340. The van der Waals surface area contributed by atoms with Gasteiger partial charge in [-0.2, -0.15) is 9.97 Å². The van der Waals surface area contributed by atoms with Gasteiger partial charge in [-0.15, -0.1) is 0 Å². The summed E-state index contributed by atoms with van der Waals surface area (Å²) in [6, 6.07) is 6.40. The van der Waals surface area contributed by atoms with E-state index >= 15 is 0 Å². The van der Waals surface area contributed by atoms with Crippen LogP contribution in [0.5, 0.6) is 0 Å². The third-order valence-electron chi connectivity index (χ3n) is 5.91. The highest BCUT2D eigenvalue weighted by Gasteiger charge is 2.21. The van der Waals surface area contributed by atoms with Gasteiger partial charge in [0.1, 0.15) is 0 Å². The Kier molecular flexibility index (Phi) is 5.98. The third-order valence-corrected chi connectivity index (χ3v) is 5.91. The minimum Gasteiger partial charge on any atom is -0.472 e. The van der Waals surface area contributed by atoms with Crippen LogP contribution in [0.3, 0.4) is 0 Å². The summed E-state index contributed by atoms with van der Waals surface area (Å²) in [7, 11) is 0. The molecule has 32 heavy (non-hydrogen) atoms. The van der Waals surface area contributed by atoms with Gasteiger partial charge < -0.3 is 25.4 Å². The van der Waals surface area contributed by atoms with Crippen LogP contribution in [0, 0.1) is 0 Å². The number of nitrogens with zero attached hydrogens (tertiary/aromatic N) is 5. The fourth-order valence-corrected chi connectivity index (χ4v) is 4.17. The Morgan fingerprint density at radius 2 is 2.00 bits per heavy atom. The number of fused-ring (bicyclic) bond motifs is 1. The number of hydrogen-bond donors (Lipinski definition) is 3. The van der Waals surface area contributed by atoms with E-state index in [1.807, 2.05) is 24.7 Å². The molecular formula is C23H28N8O. The zero-order valence-corrected chi connectivity index (χ0v) is 18.0. The van der Waals surface area contributed by atoms with Crippen molar-refractivity contribution >= 4 is 22.9 Å². The second-order valence-electron chi connectivity index (χ2n) is 8.14. The molecule has 0 spiro atoms. The highest BCUT2D eigenvalue weighted by Crippen LogP contribution is 2.33. The number of nitrogens with two attached hydrogens (primary N) is 1. The van der Waals surface area contributed by atoms with E-state index in [2.05, 4.69) is 31.2 Å². The van der Waals surface area contributed by atoms with Gasteiger partial charge in [-0.25, -0.2) is 4.98 Å². The maximum absolute atomic E-state index is 5.64. The first kappa shape index (κ1) is 20.4. The summed E-state index contributed by atoms with van der Waals surface area (Å²) in [4.78, 5) is 18.7. The summed E-state index contributed by atoms with van der Waals surface area (Å²) in [6.45, 7) is 1.95. The first-order valence-electron chi connectivity index (χ1n) is 11.2. The molecule has 0 aromatic carbocycles. The maximum Gasteiger partial charge on any atom is 0.226 e. The number of pyridine rings is 1. The van der Waals surface area contributed by atoms with Gasteiger partial charge in [0.05, 0.1) is 24.5 Å². The Labute approximate surface area is 186 Å². The molecule has 5 rings (SSSR count). The number of nitrogens with one attached hydrogen (secondary N) is 2. The Morgan fingerprint density at radius 1 is 1.09 bits per heavy atom. The summed E-state index contributed by atoms with van der Waals surface area (Å²) < 4.78 is 7.35. The Morgan fingerprint density at radius 3 is 2.75 bits per heavy atom. The van der Waals surface area contributed by atoms with E-state index in [-0.39, 0.29) is 0 Å². The SMILES string of the molecule is NCCCNc1nc(NCc2ccc(-c3ccoc3)nc2)c2ncn(C3CCCC3)c2n1. The van der Waals surface area contributed by atoms with Gasteiger partial charge in [-0.1, -0.05) is 18.9 Å². The Balaban J connectivity index is 1.39. The van der Waals surface area contributed by atoms with Crippen LogP contribution in [0.25, 0.3) is 22.4 Å². The predicted octanol–water partition coefficient (Wildman–Crippen LogP) is 3.97. The van der Waals surface area contributed by atoms with E-state index in [4.69, 9.17) is 20.1 Å². The van der Waals surface area contributed by atoms with E-state index in [0.29, 0.717) is 25.1 Å². The third kappa shape index (κ3) is 4.29. The first-order chi connectivity index (χ1) is 15.8. The molecule has 4 aromatic rings. The minimum absolute atomic E-state index is 0.458. The van der Waals surface area contributed by atoms with E-state index in [1.165, 1.54) is 25.7 Å². The molecule has 1 aliphatic carbocycles. The lowest BCUT2D eigenvalue weighted by atomic mass is 10.2. The van der Waals surface area contributed by atoms with Gasteiger partial charge in [0.2, 0.25) is 5.95 Å². The highest BCUT2D eigenvalue weighted by atomic mass is 16.3. The molecule has 9 nitrogen and oxygen atoms in total. The lowest BCUT2D eigenvalue weighted by molar-refractivity contribution is 0.529. The average Bonchev–Trinajstić information content (AvgIpc) is 3.59. The van der Waals surface area contributed by atoms with Gasteiger partial charge >= 0.3 is 0 Å². The molecule has 0 unspecified atom stereocenters. The van der Waals surface area contributed by atoms with Gasteiger partial charge in [-0.3, -0.25) is 4.98 Å². The van der Waals surface area contributed by atoms with Gasteiger partial charge in [-0.05, 0) is 43.5 Å². The first-order valence-corrected chi connectivity index (χ1v) is 11.2. The molecule has 0 aliphatic heterocycles. The van der Waals surface area contributed by atoms with Crippen LogP contribution in [0.1, 0.15) is 43.7 Å². The molecule has 1 saturated carbocycles.